The molecule has 0 spiro atoms. The molecule has 1 amide bonds. The molecule has 2 aromatic carbocycles. The smallest absolute Gasteiger partial charge is 0.251 e. The van der Waals surface area contributed by atoms with Crippen molar-refractivity contribution in [2.75, 3.05) is 18.1 Å². The number of amides is 1. The van der Waals surface area contributed by atoms with Crippen LogP contribution >= 0.6 is 0 Å². The molecule has 0 saturated carbocycles. The Kier molecular flexibility index (Phi) is 3.66. The van der Waals surface area contributed by atoms with Crippen molar-refractivity contribution in [1.82, 2.24) is 5.32 Å². The number of nitrogens with one attached hydrogen (secondary N) is 2. The zero-order valence-electron chi connectivity index (χ0n) is 10.4. The second-order valence-electron chi connectivity index (χ2n) is 4.01. The molecule has 98 valence electrons. The normalized spacial score (nSPS) is 10.0. The highest BCUT2D eigenvalue weighted by Gasteiger charge is 2.06. The molecule has 0 heterocycles. The van der Waals surface area contributed by atoms with Crippen LogP contribution < -0.4 is 16.4 Å². The van der Waals surface area contributed by atoms with Gasteiger partial charge in [-0.25, -0.2) is 4.39 Å². The minimum absolute atomic E-state index is 0.194. The van der Waals surface area contributed by atoms with Gasteiger partial charge in [-0.3, -0.25) is 4.79 Å². The Balaban J connectivity index is 2.22. The first-order valence-corrected chi connectivity index (χ1v) is 5.74. The van der Waals surface area contributed by atoms with Crippen molar-refractivity contribution in [3.63, 3.8) is 0 Å². The Morgan fingerprint density at radius 1 is 1.16 bits per heavy atom. The Morgan fingerprint density at radius 3 is 2.42 bits per heavy atom. The lowest BCUT2D eigenvalue weighted by atomic mass is 10.1. The molecule has 0 saturated heterocycles. The molecule has 0 aliphatic heterocycles. The van der Waals surface area contributed by atoms with Crippen LogP contribution in [0.4, 0.5) is 21.5 Å². The van der Waals surface area contributed by atoms with Crippen molar-refractivity contribution < 1.29 is 9.18 Å². The van der Waals surface area contributed by atoms with Crippen LogP contribution in [-0.2, 0) is 0 Å². The molecule has 4 N–H and O–H groups in total. The van der Waals surface area contributed by atoms with Gasteiger partial charge in [0.05, 0.1) is 11.4 Å². The van der Waals surface area contributed by atoms with Crippen molar-refractivity contribution >= 4 is 23.0 Å². The van der Waals surface area contributed by atoms with E-state index >= 15 is 0 Å². The summed E-state index contributed by atoms with van der Waals surface area (Å²) in [4.78, 5) is 11.4. The third-order valence-corrected chi connectivity index (χ3v) is 2.66. The lowest BCUT2D eigenvalue weighted by Gasteiger charge is -2.10. The number of nitrogen functional groups attached to an aromatic ring is 1. The lowest BCUT2D eigenvalue weighted by Crippen LogP contribution is -2.17. The number of rotatable bonds is 3. The molecule has 0 bridgehead atoms. The van der Waals surface area contributed by atoms with E-state index in [2.05, 4.69) is 10.6 Å². The Bertz CT molecular complexity index is 596. The minimum Gasteiger partial charge on any atom is -0.397 e. The van der Waals surface area contributed by atoms with Crippen molar-refractivity contribution in [3.05, 3.63) is 53.8 Å². The molecule has 19 heavy (non-hydrogen) atoms. The summed E-state index contributed by atoms with van der Waals surface area (Å²) in [5, 5.41) is 5.59. The van der Waals surface area contributed by atoms with Crippen molar-refractivity contribution in [3.8, 4) is 0 Å². The van der Waals surface area contributed by atoms with E-state index in [1.165, 1.54) is 12.1 Å². The predicted molar refractivity (Wildman–Crippen MR) is 73.9 cm³/mol. The van der Waals surface area contributed by atoms with Crippen LogP contribution in [0, 0.1) is 5.82 Å². The number of carbonyl (C=O) groups is 1. The molecule has 5 heteroatoms. The average Bonchev–Trinajstić information content (AvgIpc) is 2.42. The molecule has 0 aliphatic rings. The Hall–Kier alpha value is -2.56. The quantitative estimate of drug-likeness (QED) is 0.742. The largest absolute Gasteiger partial charge is 0.397 e. The molecule has 0 radical (unpaired) electrons. The third kappa shape index (κ3) is 3.01. The summed E-state index contributed by atoms with van der Waals surface area (Å²) in [6, 6.07) is 10.9. The van der Waals surface area contributed by atoms with E-state index in [0.29, 0.717) is 16.9 Å². The molecular formula is C14H14FN3O. The topological polar surface area (TPSA) is 67.2 Å². The summed E-state index contributed by atoms with van der Waals surface area (Å²) in [5.41, 5.74) is 8.20. The van der Waals surface area contributed by atoms with Gasteiger partial charge in [0, 0.05) is 18.3 Å². The second-order valence-corrected chi connectivity index (χ2v) is 4.01. The number of hydrogen-bond acceptors (Lipinski definition) is 3. The molecule has 0 unspecified atom stereocenters. The van der Waals surface area contributed by atoms with E-state index in [9.17, 15) is 9.18 Å². The van der Waals surface area contributed by atoms with E-state index < -0.39 is 0 Å². The van der Waals surface area contributed by atoms with Gasteiger partial charge in [0.2, 0.25) is 0 Å². The van der Waals surface area contributed by atoms with E-state index in [1.807, 2.05) is 0 Å². The standard InChI is InChI=1S/C14H14FN3O/c1-17-14(19)9-2-7-13(12(16)8-9)18-11-5-3-10(15)4-6-11/h2-8,18H,16H2,1H3,(H,17,19). The summed E-state index contributed by atoms with van der Waals surface area (Å²) in [6.45, 7) is 0. The lowest BCUT2D eigenvalue weighted by molar-refractivity contribution is 0.0963. The first-order valence-electron chi connectivity index (χ1n) is 5.74. The highest BCUT2D eigenvalue weighted by molar-refractivity contribution is 5.96. The van der Waals surface area contributed by atoms with Gasteiger partial charge in [-0.05, 0) is 42.5 Å². The number of anilines is 3. The van der Waals surface area contributed by atoms with Gasteiger partial charge >= 0.3 is 0 Å². The van der Waals surface area contributed by atoms with E-state index in [0.717, 1.165) is 5.69 Å². The maximum atomic E-state index is 12.8. The van der Waals surface area contributed by atoms with Crippen LogP contribution in [0.15, 0.2) is 42.5 Å². The van der Waals surface area contributed by atoms with Gasteiger partial charge in [-0.2, -0.15) is 0 Å². The first kappa shape index (κ1) is 12.9. The second kappa shape index (κ2) is 5.39. The molecule has 0 aromatic heterocycles. The fraction of sp³-hybridized carbons (Fsp3) is 0.0714. The van der Waals surface area contributed by atoms with Crippen LogP contribution in [-0.4, -0.2) is 13.0 Å². The summed E-state index contributed by atoms with van der Waals surface area (Å²) < 4.78 is 12.8. The van der Waals surface area contributed by atoms with Crippen molar-refractivity contribution in [1.29, 1.82) is 0 Å². The highest BCUT2D eigenvalue weighted by atomic mass is 19.1. The minimum atomic E-state index is -0.298. The maximum absolute atomic E-state index is 12.8. The number of carbonyl (C=O) groups excluding carboxylic acids is 1. The van der Waals surface area contributed by atoms with Crippen LogP contribution in [0.3, 0.4) is 0 Å². The van der Waals surface area contributed by atoms with Crippen LogP contribution in [0.2, 0.25) is 0 Å². The van der Waals surface area contributed by atoms with Gasteiger partial charge in [0.1, 0.15) is 5.82 Å². The van der Waals surface area contributed by atoms with Crippen molar-refractivity contribution in [2.24, 2.45) is 0 Å². The monoisotopic (exact) mass is 259 g/mol. The summed E-state index contributed by atoms with van der Waals surface area (Å²) >= 11 is 0. The molecule has 0 aliphatic carbocycles. The average molecular weight is 259 g/mol. The zero-order chi connectivity index (χ0) is 13.8. The molecule has 4 nitrogen and oxygen atoms in total. The van der Waals surface area contributed by atoms with Gasteiger partial charge in [0.15, 0.2) is 0 Å². The fourth-order valence-corrected chi connectivity index (χ4v) is 1.65. The van der Waals surface area contributed by atoms with Crippen LogP contribution in [0.5, 0.6) is 0 Å². The maximum Gasteiger partial charge on any atom is 0.251 e. The number of hydrogen-bond donors (Lipinski definition) is 3. The third-order valence-electron chi connectivity index (χ3n) is 2.66. The van der Waals surface area contributed by atoms with Gasteiger partial charge < -0.3 is 16.4 Å². The fourth-order valence-electron chi connectivity index (χ4n) is 1.65. The molecule has 0 fully saturated rings. The van der Waals surface area contributed by atoms with Gasteiger partial charge in [-0.15, -0.1) is 0 Å². The number of nitrogens with two attached hydrogens (primary N) is 1. The van der Waals surface area contributed by atoms with Crippen molar-refractivity contribution in [2.45, 2.75) is 0 Å². The highest BCUT2D eigenvalue weighted by Crippen LogP contribution is 2.24. The predicted octanol–water partition coefficient (Wildman–Crippen LogP) is 2.51. The molecule has 2 rings (SSSR count). The van der Waals surface area contributed by atoms with Crippen LogP contribution in [0.1, 0.15) is 10.4 Å². The van der Waals surface area contributed by atoms with E-state index in [4.69, 9.17) is 5.73 Å². The summed E-state index contributed by atoms with van der Waals surface area (Å²) in [5.74, 6) is -0.492. The Morgan fingerprint density at radius 2 is 1.84 bits per heavy atom. The van der Waals surface area contributed by atoms with Gasteiger partial charge in [-0.1, -0.05) is 0 Å². The Labute approximate surface area is 110 Å². The SMILES string of the molecule is CNC(=O)c1ccc(Nc2ccc(F)cc2)c(N)c1. The zero-order valence-corrected chi connectivity index (χ0v) is 10.4. The number of benzene rings is 2. The van der Waals surface area contributed by atoms with E-state index in [1.54, 1.807) is 37.4 Å². The van der Waals surface area contributed by atoms with Gasteiger partial charge in [0.25, 0.3) is 5.91 Å². The van der Waals surface area contributed by atoms with Crippen LogP contribution in [0.25, 0.3) is 0 Å². The summed E-state index contributed by atoms with van der Waals surface area (Å²) in [6.07, 6.45) is 0. The molecule has 0 atom stereocenters. The molecular weight excluding hydrogens is 245 g/mol. The van der Waals surface area contributed by atoms with E-state index in [-0.39, 0.29) is 11.7 Å². The summed E-state index contributed by atoms with van der Waals surface area (Å²) in [7, 11) is 1.56. The number of halogens is 1. The first-order chi connectivity index (χ1) is 9.10. The molecule has 2 aromatic rings.